The third kappa shape index (κ3) is 4.84. The third-order valence-electron chi connectivity index (χ3n) is 4.11. The van der Waals surface area contributed by atoms with Crippen LogP contribution in [0.5, 0.6) is 5.75 Å². The number of nitrogen functional groups attached to an aromatic ring is 1. The second kappa shape index (κ2) is 10.2. The van der Waals surface area contributed by atoms with Crippen LogP contribution in [0.25, 0.3) is 11.1 Å². The monoisotopic (exact) mass is 418 g/mol. The number of aromatic nitrogens is 3. The number of nitriles is 2. The van der Waals surface area contributed by atoms with Gasteiger partial charge >= 0.3 is 0 Å². The van der Waals surface area contributed by atoms with Crippen LogP contribution in [0.2, 0.25) is 0 Å². The van der Waals surface area contributed by atoms with Gasteiger partial charge in [0.05, 0.1) is 17.9 Å². The number of benzene rings is 1. The van der Waals surface area contributed by atoms with Crippen LogP contribution < -0.4 is 10.5 Å². The molecule has 2 heterocycles. The summed E-state index contributed by atoms with van der Waals surface area (Å²) >= 11 is 1.33. The molecule has 30 heavy (non-hydrogen) atoms. The zero-order chi connectivity index (χ0) is 21.3. The normalized spacial score (nSPS) is 10.2. The molecule has 0 fully saturated rings. The quantitative estimate of drug-likeness (QED) is 0.433. The smallest absolute Gasteiger partial charge is 0.143 e. The Kier molecular flexibility index (Phi) is 7.17. The van der Waals surface area contributed by atoms with Crippen LogP contribution >= 0.6 is 11.8 Å². The SMILES string of the molecule is COCCOc1ccc(-c2c(C#N)c(N)nc(SCc3ccncn3)c2C#N)cc1. The summed E-state index contributed by atoms with van der Waals surface area (Å²) in [6.45, 7) is 0.904. The molecule has 150 valence electrons. The van der Waals surface area contributed by atoms with Gasteiger partial charge in [-0.2, -0.15) is 10.5 Å². The van der Waals surface area contributed by atoms with Crippen molar-refractivity contribution in [1.82, 2.24) is 15.0 Å². The van der Waals surface area contributed by atoms with Gasteiger partial charge in [-0.15, -0.1) is 0 Å². The van der Waals surface area contributed by atoms with Gasteiger partial charge in [-0.25, -0.2) is 15.0 Å². The lowest BCUT2D eigenvalue weighted by Crippen LogP contribution is -2.05. The minimum Gasteiger partial charge on any atom is -0.491 e. The Morgan fingerprint density at radius 2 is 1.83 bits per heavy atom. The van der Waals surface area contributed by atoms with Crippen LogP contribution in [0.15, 0.2) is 47.9 Å². The van der Waals surface area contributed by atoms with Gasteiger partial charge in [-0.05, 0) is 23.8 Å². The molecule has 0 aliphatic carbocycles. The van der Waals surface area contributed by atoms with E-state index in [1.165, 1.54) is 18.1 Å². The fourth-order valence-electron chi connectivity index (χ4n) is 2.70. The number of methoxy groups -OCH3 is 1. The standard InChI is InChI=1S/C21H18N6O2S/c1-28-8-9-29-16-4-2-14(3-5-16)19-17(10-22)20(24)27-21(18(19)11-23)30-12-15-6-7-25-13-26-15/h2-7,13H,8-9,12H2,1H3,(H2,24,27). The first-order valence-electron chi connectivity index (χ1n) is 8.91. The van der Waals surface area contributed by atoms with E-state index in [1.807, 2.05) is 0 Å². The number of pyridine rings is 1. The van der Waals surface area contributed by atoms with Gasteiger partial charge < -0.3 is 15.2 Å². The summed E-state index contributed by atoms with van der Waals surface area (Å²) in [4.78, 5) is 12.4. The molecule has 1 aromatic carbocycles. The molecule has 3 aromatic rings. The summed E-state index contributed by atoms with van der Waals surface area (Å²) in [5.41, 5.74) is 8.46. The van der Waals surface area contributed by atoms with E-state index in [0.29, 0.717) is 46.4 Å². The summed E-state index contributed by atoms with van der Waals surface area (Å²) in [6, 6.07) is 13.2. The first-order chi connectivity index (χ1) is 14.7. The molecular formula is C21H18N6O2S. The average molecular weight is 418 g/mol. The van der Waals surface area contributed by atoms with Crippen LogP contribution in [0.3, 0.4) is 0 Å². The summed E-state index contributed by atoms with van der Waals surface area (Å²) < 4.78 is 10.5. The molecule has 0 unspecified atom stereocenters. The molecular weight excluding hydrogens is 400 g/mol. The van der Waals surface area contributed by atoms with Gasteiger partial charge in [-0.1, -0.05) is 23.9 Å². The molecule has 0 aliphatic heterocycles. The van der Waals surface area contributed by atoms with Crippen LogP contribution in [-0.4, -0.2) is 35.3 Å². The van der Waals surface area contributed by atoms with E-state index < -0.39 is 0 Å². The molecule has 2 N–H and O–H groups in total. The Bertz CT molecular complexity index is 1090. The van der Waals surface area contributed by atoms with E-state index in [0.717, 1.165) is 5.69 Å². The Morgan fingerprint density at radius 3 is 2.47 bits per heavy atom. The number of thioether (sulfide) groups is 1. The Hall–Kier alpha value is -3.66. The van der Waals surface area contributed by atoms with Crippen molar-refractivity contribution < 1.29 is 9.47 Å². The van der Waals surface area contributed by atoms with Gasteiger partial charge in [0, 0.05) is 24.6 Å². The summed E-state index contributed by atoms with van der Waals surface area (Å²) in [5, 5.41) is 19.9. The molecule has 0 amide bonds. The average Bonchev–Trinajstić information content (AvgIpc) is 2.78. The highest BCUT2D eigenvalue weighted by molar-refractivity contribution is 7.98. The number of anilines is 1. The van der Waals surface area contributed by atoms with Crippen LogP contribution in [0, 0.1) is 22.7 Å². The lowest BCUT2D eigenvalue weighted by Gasteiger charge is -2.13. The molecule has 0 saturated carbocycles. The predicted molar refractivity (Wildman–Crippen MR) is 112 cm³/mol. The molecule has 2 aromatic heterocycles. The van der Waals surface area contributed by atoms with Gasteiger partial charge in [0.25, 0.3) is 0 Å². The number of ether oxygens (including phenoxy) is 2. The largest absolute Gasteiger partial charge is 0.491 e. The maximum atomic E-state index is 9.85. The molecule has 8 nitrogen and oxygen atoms in total. The van der Waals surface area contributed by atoms with Crippen molar-refractivity contribution in [1.29, 1.82) is 10.5 Å². The number of hydrogen-bond acceptors (Lipinski definition) is 9. The van der Waals surface area contributed by atoms with Crippen molar-refractivity contribution >= 4 is 17.6 Å². The van der Waals surface area contributed by atoms with Gasteiger partial charge in [0.15, 0.2) is 0 Å². The topological polar surface area (TPSA) is 131 Å². The van der Waals surface area contributed by atoms with Gasteiger partial charge in [0.2, 0.25) is 0 Å². The number of rotatable bonds is 8. The Morgan fingerprint density at radius 1 is 1.07 bits per heavy atom. The molecule has 0 spiro atoms. The zero-order valence-electron chi connectivity index (χ0n) is 16.2. The van der Waals surface area contributed by atoms with Gasteiger partial charge in [0.1, 0.15) is 47.2 Å². The Labute approximate surface area is 178 Å². The highest BCUT2D eigenvalue weighted by Gasteiger charge is 2.20. The maximum Gasteiger partial charge on any atom is 0.143 e. The van der Waals surface area contributed by atoms with Crippen molar-refractivity contribution in [3.8, 4) is 29.0 Å². The molecule has 0 saturated heterocycles. The minimum atomic E-state index is 0.0807. The highest BCUT2D eigenvalue weighted by Crippen LogP contribution is 2.36. The van der Waals surface area contributed by atoms with E-state index in [1.54, 1.807) is 43.6 Å². The van der Waals surface area contributed by atoms with Crippen molar-refractivity contribution in [2.45, 2.75) is 10.8 Å². The van der Waals surface area contributed by atoms with Crippen LogP contribution in [0.1, 0.15) is 16.8 Å². The van der Waals surface area contributed by atoms with E-state index in [9.17, 15) is 10.5 Å². The fourth-order valence-corrected chi connectivity index (χ4v) is 3.61. The first-order valence-corrected chi connectivity index (χ1v) is 9.90. The highest BCUT2D eigenvalue weighted by atomic mass is 32.2. The van der Waals surface area contributed by atoms with E-state index in [2.05, 4.69) is 27.1 Å². The van der Waals surface area contributed by atoms with Gasteiger partial charge in [-0.3, -0.25) is 0 Å². The van der Waals surface area contributed by atoms with Crippen molar-refractivity contribution in [3.05, 3.63) is 59.7 Å². The van der Waals surface area contributed by atoms with Crippen molar-refractivity contribution in [2.24, 2.45) is 0 Å². The maximum absolute atomic E-state index is 9.85. The number of hydrogen-bond donors (Lipinski definition) is 1. The number of nitrogens with zero attached hydrogens (tertiary/aromatic N) is 5. The molecule has 9 heteroatoms. The summed E-state index contributed by atoms with van der Waals surface area (Å²) in [7, 11) is 1.60. The van der Waals surface area contributed by atoms with E-state index in [-0.39, 0.29) is 11.4 Å². The van der Waals surface area contributed by atoms with Crippen molar-refractivity contribution in [3.63, 3.8) is 0 Å². The van der Waals surface area contributed by atoms with E-state index in [4.69, 9.17) is 15.2 Å². The van der Waals surface area contributed by atoms with E-state index >= 15 is 0 Å². The first kappa shape index (κ1) is 21.1. The molecule has 0 bridgehead atoms. The van der Waals surface area contributed by atoms with Crippen LogP contribution in [-0.2, 0) is 10.5 Å². The van der Waals surface area contributed by atoms with Crippen LogP contribution in [0.4, 0.5) is 5.82 Å². The predicted octanol–water partition coefficient (Wildman–Crippen LogP) is 3.18. The fraction of sp³-hybridized carbons (Fsp3) is 0.190. The third-order valence-corrected chi connectivity index (χ3v) is 5.12. The lowest BCUT2D eigenvalue weighted by atomic mass is 9.97. The Balaban J connectivity index is 1.97. The zero-order valence-corrected chi connectivity index (χ0v) is 17.0. The minimum absolute atomic E-state index is 0.0807. The molecule has 0 radical (unpaired) electrons. The molecule has 0 aliphatic rings. The summed E-state index contributed by atoms with van der Waals surface area (Å²) in [5.74, 6) is 1.23. The second-order valence-electron chi connectivity index (χ2n) is 6.01. The molecule has 3 rings (SSSR count). The lowest BCUT2D eigenvalue weighted by molar-refractivity contribution is 0.146. The summed E-state index contributed by atoms with van der Waals surface area (Å²) in [6.07, 6.45) is 3.11. The van der Waals surface area contributed by atoms with Crippen molar-refractivity contribution in [2.75, 3.05) is 26.1 Å². The second-order valence-corrected chi connectivity index (χ2v) is 6.97. The molecule has 0 atom stereocenters. The number of nitrogens with two attached hydrogens (primary N) is 1.